The molecule has 1 aliphatic carbocycles. The van der Waals surface area contributed by atoms with Crippen molar-refractivity contribution in [2.24, 2.45) is 0 Å². The molecule has 2 aromatic heterocycles. The summed E-state index contributed by atoms with van der Waals surface area (Å²) in [7, 11) is 0. The third-order valence-corrected chi connectivity index (χ3v) is 6.98. The largest absolute Gasteiger partial charge is 0.512 e. The third-order valence-electron chi connectivity index (χ3n) is 6.98. The number of hydrogen-bond donors (Lipinski definition) is 1. The number of allylic oxidation sites excluding steroid dienone is 2. The summed E-state index contributed by atoms with van der Waals surface area (Å²) in [5, 5.41) is 13.1. The molecule has 0 unspecified atom stereocenters. The van der Waals surface area contributed by atoms with E-state index < -0.39 is 0 Å². The van der Waals surface area contributed by atoms with E-state index in [0.29, 0.717) is 5.92 Å². The second-order valence-corrected chi connectivity index (χ2v) is 10.2. The second kappa shape index (κ2) is 11.6. The number of rotatable bonds is 3. The molecule has 0 bridgehead atoms. The maximum Gasteiger partial charge on any atom is 0.155 e. The Morgan fingerprint density at radius 1 is 0.974 bits per heavy atom. The molecular formula is C33H32IrNO3-. The number of aliphatic hydroxyl groups is 1. The molecule has 1 N–H and O–H groups in total. The van der Waals surface area contributed by atoms with E-state index in [-0.39, 0.29) is 31.6 Å². The van der Waals surface area contributed by atoms with E-state index >= 15 is 0 Å². The van der Waals surface area contributed by atoms with Gasteiger partial charge in [-0.25, -0.2) is 0 Å². The van der Waals surface area contributed by atoms with E-state index in [9.17, 15) is 4.79 Å². The molecule has 0 aliphatic heterocycles. The first-order valence-electron chi connectivity index (χ1n) is 13.0. The molecule has 197 valence electrons. The zero-order chi connectivity index (χ0) is 26.1. The summed E-state index contributed by atoms with van der Waals surface area (Å²) in [6.45, 7) is 7.29. The fourth-order valence-corrected chi connectivity index (χ4v) is 5.16. The van der Waals surface area contributed by atoms with Gasteiger partial charge >= 0.3 is 0 Å². The maximum absolute atomic E-state index is 10.0. The summed E-state index contributed by atoms with van der Waals surface area (Å²) in [6.07, 6.45) is 7.97. The van der Waals surface area contributed by atoms with Crippen molar-refractivity contribution in [1.82, 2.24) is 4.98 Å². The van der Waals surface area contributed by atoms with Gasteiger partial charge in [0.1, 0.15) is 11.2 Å². The van der Waals surface area contributed by atoms with Crippen molar-refractivity contribution in [2.75, 3.05) is 0 Å². The molecule has 6 rings (SSSR count). The number of carbonyl (C=O) groups excluding carboxylic acids is 1. The van der Waals surface area contributed by atoms with Gasteiger partial charge in [-0.2, -0.15) is 0 Å². The van der Waals surface area contributed by atoms with Crippen LogP contribution in [0.5, 0.6) is 0 Å². The molecule has 0 saturated carbocycles. The minimum absolute atomic E-state index is 0. The Hall–Kier alpha value is -3.27. The number of furan rings is 1. The van der Waals surface area contributed by atoms with Gasteiger partial charge in [-0.1, -0.05) is 13.8 Å². The molecule has 38 heavy (non-hydrogen) atoms. The molecule has 0 fully saturated rings. The van der Waals surface area contributed by atoms with E-state index in [1.165, 1.54) is 73.1 Å². The van der Waals surface area contributed by atoms with Crippen LogP contribution in [0.4, 0.5) is 0 Å². The molecule has 0 amide bonds. The fraction of sp³-hybridized carbons (Fsp3) is 0.273. The minimum atomic E-state index is -0.125. The van der Waals surface area contributed by atoms with Crippen LogP contribution >= 0.6 is 0 Å². The van der Waals surface area contributed by atoms with Gasteiger partial charge in [0, 0.05) is 43.2 Å². The molecule has 1 radical (unpaired) electrons. The number of nitrogens with zero attached hydrogens (tertiary/aromatic N) is 1. The molecule has 0 atom stereocenters. The number of ketones is 1. The van der Waals surface area contributed by atoms with Crippen molar-refractivity contribution in [1.29, 1.82) is 0 Å². The number of benzene rings is 3. The van der Waals surface area contributed by atoms with E-state index in [1.54, 1.807) is 0 Å². The average molecular weight is 683 g/mol. The van der Waals surface area contributed by atoms with Crippen molar-refractivity contribution >= 4 is 38.5 Å². The van der Waals surface area contributed by atoms with E-state index in [1.807, 2.05) is 12.3 Å². The van der Waals surface area contributed by atoms with Crippen molar-refractivity contribution in [3.05, 3.63) is 89.3 Å². The van der Waals surface area contributed by atoms with Gasteiger partial charge < -0.3 is 14.5 Å². The summed E-state index contributed by atoms with van der Waals surface area (Å²) in [5.41, 5.74) is 8.26. The molecule has 1 aliphatic rings. The minimum Gasteiger partial charge on any atom is -0.512 e. The summed E-state index contributed by atoms with van der Waals surface area (Å²) < 4.78 is 6.29. The number of aliphatic hydroxyl groups excluding tert-OH is 1. The van der Waals surface area contributed by atoms with Crippen LogP contribution in [0.1, 0.15) is 63.1 Å². The van der Waals surface area contributed by atoms with Crippen LogP contribution in [0.25, 0.3) is 44.0 Å². The van der Waals surface area contributed by atoms with E-state index in [4.69, 9.17) is 14.5 Å². The molecule has 3 aromatic carbocycles. The zero-order valence-electron chi connectivity index (χ0n) is 22.2. The molecular weight excluding hydrogens is 651 g/mol. The van der Waals surface area contributed by atoms with Crippen LogP contribution in [0.3, 0.4) is 0 Å². The van der Waals surface area contributed by atoms with Crippen LogP contribution in [0, 0.1) is 6.07 Å². The van der Waals surface area contributed by atoms with Gasteiger partial charge in [-0.3, -0.25) is 4.79 Å². The SMILES string of the molecule is CC(=O)/C=C(/C)O.CC(C)c1cc[c-]c(-c2nccc3cc4oc5cc6c(cc5c4cc23)CCCC6)c1.[Ir]. The Bertz CT molecular complexity index is 1660. The number of hydrogen-bond acceptors (Lipinski definition) is 4. The molecule has 4 nitrogen and oxygen atoms in total. The quantitative estimate of drug-likeness (QED) is 0.118. The summed E-state index contributed by atoms with van der Waals surface area (Å²) in [6, 6.07) is 20.9. The second-order valence-electron chi connectivity index (χ2n) is 10.2. The number of pyridine rings is 1. The Labute approximate surface area is 237 Å². The van der Waals surface area contributed by atoms with Crippen LogP contribution in [0.15, 0.2) is 71.0 Å². The average Bonchev–Trinajstić information content (AvgIpc) is 3.21. The van der Waals surface area contributed by atoms with Gasteiger partial charge in [-0.15, -0.1) is 35.4 Å². The van der Waals surface area contributed by atoms with E-state index in [2.05, 4.69) is 62.4 Å². The van der Waals surface area contributed by atoms with Gasteiger partial charge in [0.05, 0.1) is 5.76 Å². The molecule has 5 aromatic rings. The van der Waals surface area contributed by atoms with Gasteiger partial charge in [0.15, 0.2) is 5.78 Å². The first kappa shape index (κ1) is 27.8. The molecule has 5 heteroatoms. The molecule has 0 saturated heterocycles. The first-order chi connectivity index (χ1) is 17.8. The summed E-state index contributed by atoms with van der Waals surface area (Å²) >= 11 is 0. The van der Waals surface area contributed by atoms with Crippen molar-refractivity contribution in [3.8, 4) is 11.3 Å². The Balaban J connectivity index is 0.000000375. The van der Waals surface area contributed by atoms with Gasteiger partial charge in [0.2, 0.25) is 0 Å². The fourth-order valence-electron chi connectivity index (χ4n) is 5.16. The van der Waals surface area contributed by atoms with Crippen LogP contribution in [-0.4, -0.2) is 15.9 Å². The Morgan fingerprint density at radius 2 is 1.66 bits per heavy atom. The standard InChI is InChI=1S/C28H24NO.C5H8O2.Ir/c1-17(2)18-8-5-9-22(12-18)28-23-16-25-24-13-19-6-3-4-7-20(19)14-26(24)30-27(25)15-21(23)10-11-29-28;1-4(6)3-5(2)7;/h5,8,10-17H,3-4,6-7H2,1-2H3;3,6H,1-2H3;/q-1;;/b;4-3-;. The summed E-state index contributed by atoms with van der Waals surface area (Å²) in [5.74, 6) is 0.413. The smallest absolute Gasteiger partial charge is 0.155 e. The monoisotopic (exact) mass is 683 g/mol. The topological polar surface area (TPSA) is 63.3 Å². The predicted molar refractivity (Wildman–Crippen MR) is 151 cm³/mol. The van der Waals surface area contributed by atoms with Crippen LogP contribution in [-0.2, 0) is 37.7 Å². The zero-order valence-corrected chi connectivity index (χ0v) is 24.6. The van der Waals surface area contributed by atoms with Crippen LogP contribution < -0.4 is 0 Å². The molecule has 2 heterocycles. The first-order valence-corrected chi connectivity index (χ1v) is 13.0. The van der Waals surface area contributed by atoms with Gasteiger partial charge in [-0.05, 0) is 103 Å². The van der Waals surface area contributed by atoms with Crippen molar-refractivity contribution < 1.29 is 34.4 Å². The van der Waals surface area contributed by atoms with Crippen molar-refractivity contribution in [3.63, 3.8) is 0 Å². The predicted octanol–water partition coefficient (Wildman–Crippen LogP) is 8.64. The third kappa shape index (κ3) is 5.75. The normalized spacial score (nSPS) is 13.2. The Morgan fingerprint density at radius 3 is 2.32 bits per heavy atom. The van der Waals surface area contributed by atoms with Crippen molar-refractivity contribution in [2.45, 2.75) is 59.3 Å². The van der Waals surface area contributed by atoms with E-state index in [0.717, 1.165) is 33.2 Å². The van der Waals surface area contributed by atoms with Gasteiger partial charge in [0.25, 0.3) is 0 Å². The molecule has 0 spiro atoms. The Kier molecular flexibility index (Phi) is 8.50. The number of carbonyl (C=O) groups is 1. The number of aryl methyl sites for hydroxylation is 2. The number of aromatic nitrogens is 1. The maximum atomic E-state index is 10.0. The summed E-state index contributed by atoms with van der Waals surface area (Å²) in [4.78, 5) is 14.8. The number of fused-ring (bicyclic) bond motifs is 5. The van der Waals surface area contributed by atoms with Crippen LogP contribution in [0.2, 0.25) is 0 Å².